The van der Waals surface area contributed by atoms with Gasteiger partial charge in [-0.25, -0.2) is 5.48 Å². The van der Waals surface area contributed by atoms with Gasteiger partial charge in [-0.2, -0.15) is 0 Å². The number of nitrogens with two attached hydrogens (primary N) is 1. The Balaban J connectivity index is 2.18. The second-order valence-corrected chi connectivity index (χ2v) is 3.39. The van der Waals surface area contributed by atoms with Crippen molar-refractivity contribution in [3.63, 3.8) is 0 Å². The van der Waals surface area contributed by atoms with Crippen molar-refractivity contribution in [3.05, 3.63) is 34.9 Å². The molecule has 0 saturated heterocycles. The summed E-state index contributed by atoms with van der Waals surface area (Å²) in [7, 11) is 0. The molecule has 0 unspecified atom stereocenters. The van der Waals surface area contributed by atoms with Crippen LogP contribution in [0.4, 0.5) is 0 Å². The molecular weight excluding hydrogens is 200 g/mol. The first kappa shape index (κ1) is 11.5. The quantitative estimate of drug-likeness (QED) is 0.560. The lowest BCUT2D eigenvalue weighted by Gasteiger charge is -2.05. The summed E-state index contributed by atoms with van der Waals surface area (Å²) in [5.41, 5.74) is 9.21. The van der Waals surface area contributed by atoms with E-state index in [1.807, 2.05) is 24.3 Å². The van der Waals surface area contributed by atoms with E-state index in [-0.39, 0.29) is 0 Å². The Morgan fingerprint density at radius 1 is 1.43 bits per heavy atom. The first-order valence-corrected chi connectivity index (χ1v) is 5.00. The molecule has 0 radical (unpaired) electrons. The average Bonchev–Trinajstić information content (AvgIpc) is 2.18. The van der Waals surface area contributed by atoms with Crippen molar-refractivity contribution in [2.24, 2.45) is 5.73 Å². The van der Waals surface area contributed by atoms with Gasteiger partial charge in [-0.15, -0.1) is 0 Å². The molecule has 0 bridgehead atoms. The van der Waals surface area contributed by atoms with Crippen LogP contribution in [-0.2, 0) is 11.4 Å². The fourth-order valence-electron chi connectivity index (χ4n) is 1.01. The maximum Gasteiger partial charge on any atom is 0.0933 e. The summed E-state index contributed by atoms with van der Waals surface area (Å²) in [5.74, 6) is 0. The van der Waals surface area contributed by atoms with Crippen LogP contribution in [0.3, 0.4) is 0 Å². The molecule has 1 rings (SSSR count). The van der Waals surface area contributed by atoms with Gasteiger partial charge in [0.1, 0.15) is 0 Å². The maximum atomic E-state index is 5.81. The third-order valence-electron chi connectivity index (χ3n) is 1.71. The van der Waals surface area contributed by atoms with Crippen LogP contribution in [0.15, 0.2) is 24.3 Å². The van der Waals surface area contributed by atoms with Gasteiger partial charge in [0.25, 0.3) is 0 Å². The molecule has 0 heterocycles. The van der Waals surface area contributed by atoms with Gasteiger partial charge in [-0.3, -0.25) is 4.84 Å². The van der Waals surface area contributed by atoms with Gasteiger partial charge in [-0.05, 0) is 30.7 Å². The Morgan fingerprint density at radius 3 is 3.00 bits per heavy atom. The second kappa shape index (κ2) is 6.79. The van der Waals surface area contributed by atoms with E-state index in [0.717, 1.165) is 23.6 Å². The molecule has 3 nitrogen and oxygen atoms in total. The molecule has 14 heavy (non-hydrogen) atoms. The van der Waals surface area contributed by atoms with Gasteiger partial charge in [0.15, 0.2) is 0 Å². The Morgan fingerprint density at radius 2 is 2.29 bits per heavy atom. The van der Waals surface area contributed by atoms with E-state index in [4.69, 9.17) is 22.2 Å². The summed E-state index contributed by atoms with van der Waals surface area (Å²) < 4.78 is 0. The van der Waals surface area contributed by atoms with E-state index < -0.39 is 0 Å². The molecule has 78 valence electrons. The van der Waals surface area contributed by atoms with Crippen LogP contribution >= 0.6 is 11.6 Å². The number of hydrogen-bond donors (Lipinski definition) is 2. The van der Waals surface area contributed by atoms with E-state index in [2.05, 4.69) is 5.48 Å². The van der Waals surface area contributed by atoms with Gasteiger partial charge < -0.3 is 5.73 Å². The van der Waals surface area contributed by atoms with Gasteiger partial charge in [0.05, 0.1) is 6.61 Å². The second-order valence-electron chi connectivity index (χ2n) is 2.96. The Hall–Kier alpha value is -0.610. The SMILES string of the molecule is NCCCNOCc1cccc(Cl)c1. The summed E-state index contributed by atoms with van der Waals surface area (Å²) in [6.07, 6.45) is 0.912. The van der Waals surface area contributed by atoms with E-state index >= 15 is 0 Å². The van der Waals surface area contributed by atoms with E-state index in [1.54, 1.807) is 0 Å². The molecule has 0 fully saturated rings. The lowest BCUT2D eigenvalue weighted by atomic mass is 10.2. The van der Waals surface area contributed by atoms with Crippen LogP contribution in [0.2, 0.25) is 5.02 Å². The van der Waals surface area contributed by atoms with Crippen LogP contribution in [0.25, 0.3) is 0 Å². The summed E-state index contributed by atoms with van der Waals surface area (Å²) >= 11 is 5.81. The topological polar surface area (TPSA) is 47.3 Å². The monoisotopic (exact) mass is 214 g/mol. The fourth-order valence-corrected chi connectivity index (χ4v) is 1.22. The van der Waals surface area contributed by atoms with Crippen molar-refractivity contribution >= 4 is 11.6 Å². The number of rotatable bonds is 6. The molecule has 3 N–H and O–H groups in total. The average molecular weight is 215 g/mol. The molecule has 0 spiro atoms. The Bertz CT molecular complexity index is 268. The Kier molecular flexibility index (Phi) is 5.56. The van der Waals surface area contributed by atoms with Gasteiger partial charge >= 0.3 is 0 Å². The highest BCUT2D eigenvalue weighted by Crippen LogP contribution is 2.10. The minimum atomic E-state index is 0.519. The highest BCUT2D eigenvalue weighted by atomic mass is 35.5. The number of benzene rings is 1. The van der Waals surface area contributed by atoms with Crippen LogP contribution in [0.1, 0.15) is 12.0 Å². The number of halogens is 1. The molecular formula is C10H15ClN2O. The number of hydroxylamine groups is 1. The highest BCUT2D eigenvalue weighted by Gasteiger charge is 1.93. The standard InChI is InChI=1S/C10H15ClN2O/c11-10-4-1-3-9(7-10)8-14-13-6-2-5-12/h1,3-4,7,13H,2,5-6,8,12H2. The van der Waals surface area contributed by atoms with Gasteiger partial charge in [0, 0.05) is 11.6 Å². The lowest BCUT2D eigenvalue weighted by molar-refractivity contribution is 0.0279. The number of nitrogens with one attached hydrogen (secondary N) is 1. The first-order valence-electron chi connectivity index (χ1n) is 4.62. The molecule has 0 aliphatic heterocycles. The molecule has 0 aromatic heterocycles. The Labute approximate surface area is 89.2 Å². The van der Waals surface area contributed by atoms with Crippen molar-refractivity contribution in [1.29, 1.82) is 0 Å². The smallest absolute Gasteiger partial charge is 0.0933 e. The van der Waals surface area contributed by atoms with Crippen molar-refractivity contribution in [2.75, 3.05) is 13.1 Å². The summed E-state index contributed by atoms with van der Waals surface area (Å²) in [6, 6.07) is 7.59. The van der Waals surface area contributed by atoms with Crippen molar-refractivity contribution in [2.45, 2.75) is 13.0 Å². The van der Waals surface area contributed by atoms with Crippen molar-refractivity contribution in [3.8, 4) is 0 Å². The highest BCUT2D eigenvalue weighted by molar-refractivity contribution is 6.30. The minimum Gasteiger partial charge on any atom is -0.330 e. The van der Waals surface area contributed by atoms with E-state index in [1.165, 1.54) is 0 Å². The number of hydrogen-bond acceptors (Lipinski definition) is 3. The zero-order chi connectivity index (χ0) is 10.2. The van der Waals surface area contributed by atoms with Crippen molar-refractivity contribution in [1.82, 2.24) is 5.48 Å². The predicted molar refractivity (Wildman–Crippen MR) is 57.9 cm³/mol. The molecule has 0 aliphatic rings. The molecule has 0 atom stereocenters. The normalized spacial score (nSPS) is 10.4. The van der Waals surface area contributed by atoms with Crippen LogP contribution < -0.4 is 11.2 Å². The maximum absolute atomic E-state index is 5.81. The molecule has 0 aliphatic carbocycles. The zero-order valence-electron chi connectivity index (χ0n) is 8.00. The van der Waals surface area contributed by atoms with Crippen LogP contribution in [0, 0.1) is 0 Å². The summed E-state index contributed by atoms with van der Waals surface area (Å²) in [4.78, 5) is 5.21. The van der Waals surface area contributed by atoms with E-state index in [9.17, 15) is 0 Å². The lowest BCUT2D eigenvalue weighted by Crippen LogP contribution is -2.18. The summed E-state index contributed by atoms with van der Waals surface area (Å²) in [5, 5.41) is 0.730. The van der Waals surface area contributed by atoms with E-state index in [0.29, 0.717) is 13.2 Å². The summed E-state index contributed by atoms with van der Waals surface area (Å²) in [6.45, 7) is 1.97. The molecule has 0 amide bonds. The largest absolute Gasteiger partial charge is 0.330 e. The third-order valence-corrected chi connectivity index (χ3v) is 1.95. The van der Waals surface area contributed by atoms with Gasteiger partial charge in [0.2, 0.25) is 0 Å². The first-order chi connectivity index (χ1) is 6.83. The van der Waals surface area contributed by atoms with Gasteiger partial charge in [-0.1, -0.05) is 23.7 Å². The molecule has 0 saturated carbocycles. The molecule has 4 heteroatoms. The van der Waals surface area contributed by atoms with Crippen LogP contribution in [-0.4, -0.2) is 13.1 Å². The zero-order valence-corrected chi connectivity index (χ0v) is 8.76. The predicted octanol–water partition coefficient (Wildman–Crippen LogP) is 1.71. The van der Waals surface area contributed by atoms with Crippen molar-refractivity contribution < 1.29 is 4.84 Å². The molecule has 1 aromatic carbocycles. The fraction of sp³-hybridized carbons (Fsp3) is 0.400. The minimum absolute atomic E-state index is 0.519. The van der Waals surface area contributed by atoms with Crippen LogP contribution in [0.5, 0.6) is 0 Å². The third kappa shape index (κ3) is 4.58. The molecule has 1 aromatic rings.